The highest BCUT2D eigenvalue weighted by molar-refractivity contribution is 7.92. The molecular weight excluding hydrogens is 262 g/mol. The zero-order valence-electron chi connectivity index (χ0n) is 10.3. The third-order valence-corrected chi connectivity index (χ3v) is 5.51. The Labute approximate surface area is 105 Å². The van der Waals surface area contributed by atoms with Crippen molar-refractivity contribution in [3.8, 4) is 5.75 Å². The summed E-state index contributed by atoms with van der Waals surface area (Å²) in [4.78, 5) is 0. The molecule has 0 atom stereocenters. The van der Waals surface area contributed by atoms with Gasteiger partial charge in [-0.25, -0.2) is 8.42 Å². The highest BCUT2D eigenvalue weighted by Gasteiger charge is 2.30. The van der Waals surface area contributed by atoms with E-state index >= 15 is 0 Å². The smallest absolute Gasteiger partial charge is 0.197 e. The maximum absolute atomic E-state index is 11.5. The van der Waals surface area contributed by atoms with Gasteiger partial charge in [-0.1, -0.05) is 0 Å². The SMILES string of the molecule is COc1c(N)nsc1NCC(C)(C)S(C)(=O)=O. The molecule has 3 N–H and O–H groups in total. The Balaban J connectivity index is 2.81. The summed E-state index contributed by atoms with van der Waals surface area (Å²) in [5.41, 5.74) is 5.59. The predicted molar refractivity (Wildman–Crippen MR) is 70.5 cm³/mol. The number of nitrogen functional groups attached to an aromatic ring is 1. The Morgan fingerprint density at radius 2 is 2.12 bits per heavy atom. The summed E-state index contributed by atoms with van der Waals surface area (Å²) in [6.45, 7) is 3.59. The number of nitrogens with two attached hydrogens (primary N) is 1. The molecule has 0 aliphatic heterocycles. The van der Waals surface area contributed by atoms with E-state index in [2.05, 4.69) is 9.69 Å². The van der Waals surface area contributed by atoms with Crippen molar-refractivity contribution >= 4 is 32.2 Å². The van der Waals surface area contributed by atoms with Crippen molar-refractivity contribution < 1.29 is 13.2 Å². The first-order valence-corrected chi connectivity index (χ1v) is 7.58. The first kappa shape index (κ1) is 14.0. The van der Waals surface area contributed by atoms with Crippen LogP contribution in [0.5, 0.6) is 5.75 Å². The van der Waals surface area contributed by atoms with Crippen molar-refractivity contribution in [3.63, 3.8) is 0 Å². The minimum Gasteiger partial charge on any atom is -0.490 e. The van der Waals surface area contributed by atoms with Gasteiger partial charge >= 0.3 is 0 Å². The molecule has 0 saturated carbocycles. The van der Waals surface area contributed by atoms with Crippen molar-refractivity contribution in [2.45, 2.75) is 18.6 Å². The Morgan fingerprint density at radius 1 is 1.53 bits per heavy atom. The number of hydrogen-bond acceptors (Lipinski definition) is 7. The summed E-state index contributed by atoms with van der Waals surface area (Å²) in [6, 6.07) is 0. The molecule has 0 unspecified atom stereocenters. The minimum atomic E-state index is -3.14. The second kappa shape index (κ2) is 4.69. The molecule has 0 amide bonds. The van der Waals surface area contributed by atoms with Crippen LogP contribution in [0.1, 0.15) is 13.8 Å². The molecule has 1 rings (SSSR count). The van der Waals surface area contributed by atoms with E-state index in [1.165, 1.54) is 13.4 Å². The predicted octanol–water partition coefficient (Wildman–Crippen LogP) is 0.969. The van der Waals surface area contributed by atoms with Crippen molar-refractivity contribution in [2.75, 3.05) is 31.0 Å². The molecule has 0 saturated heterocycles. The lowest BCUT2D eigenvalue weighted by atomic mass is 10.2. The van der Waals surface area contributed by atoms with Gasteiger partial charge in [0.25, 0.3) is 0 Å². The van der Waals surface area contributed by atoms with Gasteiger partial charge in [0.1, 0.15) is 0 Å². The van der Waals surface area contributed by atoms with Gasteiger partial charge in [-0.3, -0.25) is 0 Å². The van der Waals surface area contributed by atoms with Crippen LogP contribution in [0.3, 0.4) is 0 Å². The molecular formula is C9H17N3O3S2. The molecule has 98 valence electrons. The number of methoxy groups -OCH3 is 1. The molecule has 0 aromatic carbocycles. The van der Waals surface area contributed by atoms with Crippen LogP contribution in [0.4, 0.5) is 10.8 Å². The summed E-state index contributed by atoms with van der Waals surface area (Å²) < 4.78 is 31.2. The van der Waals surface area contributed by atoms with E-state index in [4.69, 9.17) is 10.5 Å². The molecule has 0 aliphatic rings. The average Bonchev–Trinajstić information content (AvgIpc) is 2.54. The van der Waals surface area contributed by atoms with E-state index in [1.807, 2.05) is 0 Å². The number of hydrogen-bond donors (Lipinski definition) is 2. The fraction of sp³-hybridized carbons (Fsp3) is 0.667. The van der Waals surface area contributed by atoms with Crippen LogP contribution < -0.4 is 15.8 Å². The fourth-order valence-corrected chi connectivity index (χ4v) is 2.04. The van der Waals surface area contributed by atoms with E-state index in [9.17, 15) is 8.42 Å². The van der Waals surface area contributed by atoms with Crippen LogP contribution in [-0.2, 0) is 9.84 Å². The van der Waals surface area contributed by atoms with E-state index < -0.39 is 14.6 Å². The molecule has 17 heavy (non-hydrogen) atoms. The molecule has 6 nitrogen and oxygen atoms in total. The quantitative estimate of drug-likeness (QED) is 0.834. The summed E-state index contributed by atoms with van der Waals surface area (Å²) in [6.07, 6.45) is 1.22. The van der Waals surface area contributed by atoms with Gasteiger partial charge in [0, 0.05) is 12.8 Å². The zero-order chi connectivity index (χ0) is 13.3. The van der Waals surface area contributed by atoms with Crippen molar-refractivity contribution in [2.24, 2.45) is 0 Å². The van der Waals surface area contributed by atoms with Crippen molar-refractivity contribution in [1.29, 1.82) is 0 Å². The molecule has 0 radical (unpaired) electrons. The molecule has 0 bridgehead atoms. The third-order valence-electron chi connectivity index (χ3n) is 2.56. The Kier molecular flexibility index (Phi) is 3.88. The topological polar surface area (TPSA) is 94.3 Å². The van der Waals surface area contributed by atoms with Gasteiger partial charge in [0.05, 0.1) is 11.9 Å². The summed E-state index contributed by atoms with van der Waals surface area (Å²) in [5.74, 6) is 0.761. The number of rotatable bonds is 5. The van der Waals surface area contributed by atoms with Crippen molar-refractivity contribution in [3.05, 3.63) is 0 Å². The molecule has 8 heteroatoms. The van der Waals surface area contributed by atoms with E-state index in [0.717, 1.165) is 11.5 Å². The average molecular weight is 279 g/mol. The van der Waals surface area contributed by atoms with Gasteiger partial charge in [0.2, 0.25) is 0 Å². The number of nitrogens with zero attached hydrogens (tertiary/aromatic N) is 1. The second-order valence-corrected chi connectivity index (χ2v) is 7.74. The van der Waals surface area contributed by atoms with Crippen LogP contribution >= 0.6 is 11.5 Å². The summed E-state index contributed by atoms with van der Waals surface area (Å²) >= 11 is 1.15. The number of aromatic nitrogens is 1. The molecule has 0 fully saturated rings. The van der Waals surface area contributed by atoms with Gasteiger partial charge in [-0.05, 0) is 25.4 Å². The molecule has 1 aromatic rings. The van der Waals surface area contributed by atoms with Gasteiger partial charge in [0.15, 0.2) is 26.4 Å². The maximum atomic E-state index is 11.5. The molecule has 1 heterocycles. The zero-order valence-corrected chi connectivity index (χ0v) is 11.9. The lowest BCUT2D eigenvalue weighted by Gasteiger charge is -2.22. The summed E-state index contributed by atoms with van der Waals surface area (Å²) in [5, 5.41) is 3.64. The number of anilines is 2. The number of sulfone groups is 1. The van der Waals surface area contributed by atoms with Crippen LogP contribution in [0, 0.1) is 0 Å². The van der Waals surface area contributed by atoms with E-state index in [-0.39, 0.29) is 6.54 Å². The third kappa shape index (κ3) is 3.01. The summed E-state index contributed by atoms with van der Waals surface area (Å²) in [7, 11) is -1.64. The fourth-order valence-electron chi connectivity index (χ4n) is 1.03. The highest BCUT2D eigenvalue weighted by Crippen LogP contribution is 2.35. The van der Waals surface area contributed by atoms with E-state index in [0.29, 0.717) is 16.6 Å². The van der Waals surface area contributed by atoms with Gasteiger partial charge in [-0.15, -0.1) is 0 Å². The molecule has 1 aromatic heterocycles. The Morgan fingerprint density at radius 3 is 2.59 bits per heavy atom. The first-order chi connectivity index (χ1) is 7.69. The maximum Gasteiger partial charge on any atom is 0.197 e. The number of nitrogens with one attached hydrogen (secondary N) is 1. The first-order valence-electron chi connectivity index (χ1n) is 4.91. The van der Waals surface area contributed by atoms with Crippen LogP contribution in [0.15, 0.2) is 0 Å². The van der Waals surface area contributed by atoms with E-state index in [1.54, 1.807) is 13.8 Å². The standard InChI is InChI=1S/C9H17N3O3S2/c1-9(2,17(4,13)14)5-11-8-6(15-3)7(10)12-16-8/h11H,5H2,1-4H3,(H2,10,12). The number of ether oxygens (including phenoxy) is 1. The highest BCUT2D eigenvalue weighted by atomic mass is 32.2. The van der Waals surface area contributed by atoms with Crippen LogP contribution in [0.2, 0.25) is 0 Å². The van der Waals surface area contributed by atoms with Crippen LogP contribution in [-0.4, -0.2) is 37.4 Å². The van der Waals surface area contributed by atoms with Gasteiger partial charge in [-0.2, -0.15) is 4.37 Å². The Hall–Kier alpha value is -1.02. The second-order valence-electron chi connectivity index (χ2n) is 4.32. The van der Waals surface area contributed by atoms with Gasteiger partial charge < -0.3 is 15.8 Å². The molecule has 0 spiro atoms. The van der Waals surface area contributed by atoms with Crippen LogP contribution in [0.25, 0.3) is 0 Å². The minimum absolute atomic E-state index is 0.268. The molecule has 0 aliphatic carbocycles. The lowest BCUT2D eigenvalue weighted by Crippen LogP contribution is -2.38. The lowest BCUT2D eigenvalue weighted by molar-refractivity contribution is 0.419. The normalized spacial score (nSPS) is 12.5. The monoisotopic (exact) mass is 279 g/mol. The van der Waals surface area contributed by atoms with Crippen molar-refractivity contribution in [1.82, 2.24) is 4.37 Å². The largest absolute Gasteiger partial charge is 0.490 e. The Bertz CT molecular complexity index is 494.